The quantitative estimate of drug-likeness (QED) is 0.789. The van der Waals surface area contributed by atoms with Crippen molar-refractivity contribution in [1.82, 2.24) is 5.32 Å². The van der Waals surface area contributed by atoms with E-state index in [1.807, 2.05) is 0 Å². The maximum absolute atomic E-state index is 6.03. The molecule has 2 heteroatoms. The molecule has 2 nitrogen and oxygen atoms in total. The van der Waals surface area contributed by atoms with Gasteiger partial charge in [-0.3, -0.25) is 0 Å². The van der Waals surface area contributed by atoms with Crippen molar-refractivity contribution < 1.29 is 4.74 Å². The van der Waals surface area contributed by atoms with Gasteiger partial charge in [0.2, 0.25) is 0 Å². The van der Waals surface area contributed by atoms with Gasteiger partial charge in [-0.05, 0) is 62.8 Å². The Hall–Kier alpha value is -0.0800. The maximum Gasteiger partial charge on any atom is 0.0534 e. The summed E-state index contributed by atoms with van der Waals surface area (Å²) in [6.45, 7) is 10.3. The predicted octanol–water partition coefficient (Wildman–Crippen LogP) is 3.86. The summed E-state index contributed by atoms with van der Waals surface area (Å²) in [7, 11) is 2.08. The number of rotatable bonds is 6. The SMILES string of the molecule is CNCC1(COCC2CC2)CCC(C(C)(C)C)CC1. The van der Waals surface area contributed by atoms with Crippen LogP contribution in [-0.4, -0.2) is 26.8 Å². The van der Waals surface area contributed by atoms with Crippen LogP contribution in [0.25, 0.3) is 0 Å². The van der Waals surface area contributed by atoms with Crippen molar-refractivity contribution in [1.29, 1.82) is 0 Å². The third-order valence-electron chi connectivity index (χ3n) is 5.28. The second-order valence-corrected chi connectivity index (χ2v) is 8.13. The first-order valence-corrected chi connectivity index (χ1v) is 8.18. The van der Waals surface area contributed by atoms with E-state index in [-0.39, 0.29) is 0 Å². The molecule has 19 heavy (non-hydrogen) atoms. The average Bonchev–Trinajstić information content (AvgIpc) is 3.13. The fraction of sp³-hybridized carbons (Fsp3) is 1.00. The van der Waals surface area contributed by atoms with Crippen LogP contribution < -0.4 is 5.32 Å². The second kappa shape index (κ2) is 6.13. The molecule has 0 unspecified atom stereocenters. The van der Waals surface area contributed by atoms with Gasteiger partial charge in [-0.25, -0.2) is 0 Å². The summed E-state index contributed by atoms with van der Waals surface area (Å²) in [4.78, 5) is 0. The fourth-order valence-corrected chi connectivity index (χ4v) is 3.57. The Morgan fingerprint density at radius 2 is 1.74 bits per heavy atom. The lowest BCUT2D eigenvalue weighted by molar-refractivity contribution is -0.00532. The normalized spacial score (nSPS) is 32.5. The zero-order valence-corrected chi connectivity index (χ0v) is 13.4. The smallest absolute Gasteiger partial charge is 0.0534 e. The molecule has 2 aliphatic carbocycles. The van der Waals surface area contributed by atoms with Crippen molar-refractivity contribution in [3.05, 3.63) is 0 Å². The summed E-state index contributed by atoms with van der Waals surface area (Å²) in [6, 6.07) is 0. The molecule has 1 N–H and O–H groups in total. The molecule has 2 saturated carbocycles. The largest absolute Gasteiger partial charge is 0.381 e. The summed E-state index contributed by atoms with van der Waals surface area (Å²) in [5.74, 6) is 1.78. The molecule has 0 aliphatic heterocycles. The summed E-state index contributed by atoms with van der Waals surface area (Å²) >= 11 is 0. The molecule has 0 bridgehead atoms. The lowest BCUT2D eigenvalue weighted by Gasteiger charge is -2.44. The monoisotopic (exact) mass is 267 g/mol. The van der Waals surface area contributed by atoms with Crippen LogP contribution in [0.1, 0.15) is 59.3 Å². The standard InChI is InChI=1S/C17H33NO/c1-16(2,3)15-7-9-17(10-8-15,12-18-4)13-19-11-14-5-6-14/h14-15,18H,5-13H2,1-4H3. The highest BCUT2D eigenvalue weighted by atomic mass is 16.5. The van der Waals surface area contributed by atoms with E-state index in [9.17, 15) is 0 Å². The minimum Gasteiger partial charge on any atom is -0.381 e. The van der Waals surface area contributed by atoms with Crippen LogP contribution in [0, 0.1) is 22.7 Å². The van der Waals surface area contributed by atoms with Gasteiger partial charge >= 0.3 is 0 Å². The minimum absolute atomic E-state index is 0.408. The van der Waals surface area contributed by atoms with Crippen LogP contribution in [0.4, 0.5) is 0 Å². The highest BCUT2D eigenvalue weighted by Crippen LogP contribution is 2.45. The molecule has 0 aromatic heterocycles. The van der Waals surface area contributed by atoms with E-state index in [4.69, 9.17) is 4.74 Å². The van der Waals surface area contributed by atoms with Crippen LogP contribution in [0.5, 0.6) is 0 Å². The molecule has 0 amide bonds. The van der Waals surface area contributed by atoms with Gasteiger partial charge in [0.15, 0.2) is 0 Å². The first kappa shape index (κ1) is 15.3. The van der Waals surface area contributed by atoms with Crippen LogP contribution >= 0.6 is 0 Å². The molecule has 2 aliphatic rings. The number of nitrogens with one attached hydrogen (secondary N) is 1. The van der Waals surface area contributed by atoms with E-state index in [0.717, 1.165) is 31.6 Å². The highest BCUT2D eigenvalue weighted by molar-refractivity contribution is 4.90. The molecule has 0 saturated heterocycles. The fourth-order valence-electron chi connectivity index (χ4n) is 3.57. The lowest BCUT2D eigenvalue weighted by Crippen LogP contribution is -2.42. The molecular weight excluding hydrogens is 234 g/mol. The van der Waals surface area contributed by atoms with Gasteiger partial charge in [0.05, 0.1) is 6.61 Å². The van der Waals surface area contributed by atoms with Crippen molar-refractivity contribution in [3.63, 3.8) is 0 Å². The van der Waals surface area contributed by atoms with Gasteiger partial charge < -0.3 is 10.1 Å². The molecule has 0 aromatic carbocycles. The molecule has 0 heterocycles. The first-order valence-electron chi connectivity index (χ1n) is 8.18. The zero-order chi connectivity index (χ0) is 13.9. The highest BCUT2D eigenvalue weighted by Gasteiger charge is 2.38. The van der Waals surface area contributed by atoms with Gasteiger partial charge in [-0.15, -0.1) is 0 Å². The average molecular weight is 267 g/mol. The first-order chi connectivity index (χ1) is 8.95. The molecule has 112 valence electrons. The van der Waals surface area contributed by atoms with Crippen molar-refractivity contribution in [2.75, 3.05) is 26.8 Å². The van der Waals surface area contributed by atoms with E-state index < -0.39 is 0 Å². The Bertz CT molecular complexity index is 269. The third kappa shape index (κ3) is 4.46. The Morgan fingerprint density at radius 1 is 1.11 bits per heavy atom. The topological polar surface area (TPSA) is 21.3 Å². The summed E-state index contributed by atoms with van der Waals surface area (Å²) in [6.07, 6.45) is 8.20. The van der Waals surface area contributed by atoms with E-state index >= 15 is 0 Å². The van der Waals surface area contributed by atoms with Crippen LogP contribution in [-0.2, 0) is 4.74 Å². The Morgan fingerprint density at radius 3 is 2.21 bits per heavy atom. The molecule has 2 fully saturated rings. The summed E-state index contributed by atoms with van der Waals surface area (Å²) < 4.78 is 6.03. The van der Waals surface area contributed by atoms with Crippen molar-refractivity contribution in [3.8, 4) is 0 Å². The summed E-state index contributed by atoms with van der Waals surface area (Å²) in [5, 5.41) is 3.41. The van der Waals surface area contributed by atoms with Crippen LogP contribution in [0.15, 0.2) is 0 Å². The molecule has 0 radical (unpaired) electrons. The molecule has 2 rings (SSSR count). The van der Waals surface area contributed by atoms with Gasteiger partial charge in [-0.1, -0.05) is 20.8 Å². The van der Waals surface area contributed by atoms with Crippen molar-refractivity contribution in [2.45, 2.75) is 59.3 Å². The molecule has 0 atom stereocenters. The zero-order valence-electron chi connectivity index (χ0n) is 13.4. The Balaban J connectivity index is 1.82. The van der Waals surface area contributed by atoms with Crippen LogP contribution in [0.2, 0.25) is 0 Å². The van der Waals surface area contributed by atoms with E-state index in [1.165, 1.54) is 38.5 Å². The predicted molar refractivity (Wildman–Crippen MR) is 81.3 cm³/mol. The lowest BCUT2D eigenvalue weighted by atomic mass is 9.64. The summed E-state index contributed by atoms with van der Waals surface area (Å²) in [5.41, 5.74) is 0.881. The Kier molecular flexibility index (Phi) is 4.94. The van der Waals surface area contributed by atoms with Crippen molar-refractivity contribution in [2.24, 2.45) is 22.7 Å². The maximum atomic E-state index is 6.03. The van der Waals surface area contributed by atoms with Gasteiger partial charge in [0.1, 0.15) is 0 Å². The third-order valence-corrected chi connectivity index (χ3v) is 5.28. The second-order valence-electron chi connectivity index (χ2n) is 8.13. The van der Waals surface area contributed by atoms with Gasteiger partial charge in [-0.2, -0.15) is 0 Å². The number of ether oxygens (including phenoxy) is 1. The van der Waals surface area contributed by atoms with E-state index in [1.54, 1.807) is 0 Å². The number of hydrogen-bond donors (Lipinski definition) is 1. The van der Waals surface area contributed by atoms with E-state index in [0.29, 0.717) is 10.8 Å². The molecular formula is C17H33NO. The Labute approximate surface area is 119 Å². The van der Waals surface area contributed by atoms with E-state index in [2.05, 4.69) is 33.1 Å². The van der Waals surface area contributed by atoms with Crippen molar-refractivity contribution >= 4 is 0 Å². The molecule has 0 spiro atoms. The van der Waals surface area contributed by atoms with Gasteiger partial charge in [0, 0.05) is 18.6 Å². The van der Waals surface area contributed by atoms with Crippen LogP contribution in [0.3, 0.4) is 0 Å². The molecule has 0 aromatic rings. The van der Waals surface area contributed by atoms with Gasteiger partial charge in [0.25, 0.3) is 0 Å². The number of hydrogen-bond acceptors (Lipinski definition) is 2. The minimum atomic E-state index is 0.408.